The molecule has 6 nitrogen and oxygen atoms in total. The minimum absolute atomic E-state index is 0. The maximum atomic E-state index is 11.8. The third-order valence-corrected chi connectivity index (χ3v) is 3.66. The van der Waals surface area contributed by atoms with E-state index in [0.717, 1.165) is 37.3 Å². The van der Waals surface area contributed by atoms with Crippen molar-refractivity contribution in [1.82, 2.24) is 10.6 Å². The predicted molar refractivity (Wildman–Crippen MR) is 71.6 cm³/mol. The van der Waals surface area contributed by atoms with E-state index in [0.29, 0.717) is 4.88 Å². The Kier molecular flexibility index (Phi) is 5.52. The van der Waals surface area contributed by atoms with Crippen LogP contribution in [0.4, 0.5) is 5.00 Å². The molecule has 1 aliphatic rings. The number of nitro groups is 1. The summed E-state index contributed by atoms with van der Waals surface area (Å²) in [5, 5.41) is 16.6. The highest BCUT2D eigenvalue weighted by atomic mass is 35.5. The van der Waals surface area contributed by atoms with E-state index in [9.17, 15) is 14.9 Å². The average Bonchev–Trinajstić information content (AvgIpc) is 2.79. The van der Waals surface area contributed by atoms with Crippen LogP contribution in [-0.4, -0.2) is 30.0 Å². The number of hydrogen-bond donors (Lipinski definition) is 2. The fourth-order valence-corrected chi connectivity index (χ4v) is 2.50. The molecule has 1 aromatic heterocycles. The number of carbonyl (C=O) groups is 1. The maximum absolute atomic E-state index is 11.8. The Balaban J connectivity index is 0.00000162. The molecule has 1 atom stereocenters. The third kappa shape index (κ3) is 3.66. The molecule has 18 heavy (non-hydrogen) atoms. The molecule has 1 amide bonds. The van der Waals surface area contributed by atoms with Gasteiger partial charge in [-0.25, -0.2) is 0 Å². The van der Waals surface area contributed by atoms with Crippen molar-refractivity contribution in [3.8, 4) is 0 Å². The van der Waals surface area contributed by atoms with Crippen LogP contribution in [-0.2, 0) is 0 Å². The van der Waals surface area contributed by atoms with Gasteiger partial charge in [-0.2, -0.15) is 0 Å². The Bertz CT molecular complexity index is 432. The second kappa shape index (κ2) is 6.67. The second-order valence-electron chi connectivity index (χ2n) is 3.91. The molecule has 0 bridgehead atoms. The highest BCUT2D eigenvalue weighted by Crippen LogP contribution is 2.23. The van der Waals surface area contributed by atoms with Gasteiger partial charge in [0.15, 0.2) is 0 Å². The molecule has 0 unspecified atom stereocenters. The molecule has 100 valence electrons. The van der Waals surface area contributed by atoms with Gasteiger partial charge in [-0.15, -0.1) is 12.4 Å². The Hall–Kier alpha value is -1.18. The lowest BCUT2D eigenvalue weighted by Gasteiger charge is -2.23. The lowest BCUT2D eigenvalue weighted by molar-refractivity contribution is -0.380. The fraction of sp³-hybridized carbons (Fsp3) is 0.500. The molecule has 0 saturated carbocycles. The van der Waals surface area contributed by atoms with Gasteiger partial charge >= 0.3 is 5.00 Å². The summed E-state index contributed by atoms with van der Waals surface area (Å²) in [5.74, 6) is -0.225. The molecule has 2 rings (SSSR count). The van der Waals surface area contributed by atoms with Crippen LogP contribution in [0.15, 0.2) is 12.1 Å². The van der Waals surface area contributed by atoms with Gasteiger partial charge < -0.3 is 10.6 Å². The third-order valence-electron chi connectivity index (χ3n) is 2.63. The van der Waals surface area contributed by atoms with E-state index in [-0.39, 0.29) is 29.4 Å². The zero-order valence-electron chi connectivity index (χ0n) is 9.55. The molecule has 2 heterocycles. The van der Waals surface area contributed by atoms with Gasteiger partial charge in [0.2, 0.25) is 0 Å². The first kappa shape index (κ1) is 14.9. The number of thiophene rings is 1. The highest BCUT2D eigenvalue weighted by molar-refractivity contribution is 7.17. The van der Waals surface area contributed by atoms with Crippen molar-refractivity contribution >= 4 is 34.7 Å². The molecular formula is C10H14ClN3O3S. The van der Waals surface area contributed by atoms with Crippen molar-refractivity contribution < 1.29 is 9.72 Å². The minimum Gasteiger partial charge on any atom is -0.347 e. The van der Waals surface area contributed by atoms with E-state index in [4.69, 9.17) is 0 Å². The van der Waals surface area contributed by atoms with Crippen molar-refractivity contribution in [2.75, 3.05) is 13.1 Å². The molecule has 0 radical (unpaired) electrons. The first-order chi connectivity index (χ1) is 8.16. The van der Waals surface area contributed by atoms with Gasteiger partial charge in [0.05, 0.1) is 9.80 Å². The van der Waals surface area contributed by atoms with E-state index in [1.165, 1.54) is 12.1 Å². The normalized spacial score (nSPS) is 18.8. The van der Waals surface area contributed by atoms with Crippen LogP contribution >= 0.6 is 23.7 Å². The van der Waals surface area contributed by atoms with Crippen molar-refractivity contribution in [1.29, 1.82) is 0 Å². The van der Waals surface area contributed by atoms with Crippen LogP contribution in [0.3, 0.4) is 0 Å². The van der Waals surface area contributed by atoms with Gasteiger partial charge in [0.25, 0.3) is 5.91 Å². The number of amides is 1. The van der Waals surface area contributed by atoms with Crippen LogP contribution in [0.5, 0.6) is 0 Å². The standard InChI is InChI=1S/C10H13N3O3S.ClH/c14-10(12-7-2-1-5-11-6-7)8-3-4-9(17-8)13(15)16;/h3-4,7,11H,1-2,5-6H2,(H,12,14);1H/t7-;/m0./s1. The van der Waals surface area contributed by atoms with E-state index in [1.54, 1.807) is 0 Å². The summed E-state index contributed by atoms with van der Waals surface area (Å²) in [6.07, 6.45) is 1.99. The van der Waals surface area contributed by atoms with E-state index in [2.05, 4.69) is 10.6 Å². The summed E-state index contributed by atoms with van der Waals surface area (Å²) < 4.78 is 0. The van der Waals surface area contributed by atoms with Crippen molar-refractivity contribution in [2.24, 2.45) is 0 Å². The van der Waals surface area contributed by atoms with Crippen LogP contribution < -0.4 is 10.6 Å². The zero-order valence-corrected chi connectivity index (χ0v) is 11.2. The lowest BCUT2D eigenvalue weighted by atomic mass is 10.1. The molecule has 1 aliphatic heterocycles. The molecule has 0 spiro atoms. The molecule has 1 saturated heterocycles. The summed E-state index contributed by atoms with van der Waals surface area (Å²) >= 11 is 0.906. The minimum atomic E-state index is -0.483. The zero-order chi connectivity index (χ0) is 12.3. The van der Waals surface area contributed by atoms with Crippen LogP contribution in [0.2, 0.25) is 0 Å². The summed E-state index contributed by atoms with van der Waals surface area (Å²) in [4.78, 5) is 22.2. The van der Waals surface area contributed by atoms with Gasteiger partial charge in [-0.3, -0.25) is 14.9 Å². The van der Waals surface area contributed by atoms with Crippen molar-refractivity contribution in [3.05, 3.63) is 27.1 Å². The average molecular weight is 292 g/mol. The lowest BCUT2D eigenvalue weighted by Crippen LogP contribution is -2.45. The Morgan fingerprint density at radius 1 is 1.56 bits per heavy atom. The Morgan fingerprint density at radius 3 is 2.89 bits per heavy atom. The number of piperidine rings is 1. The molecule has 2 N–H and O–H groups in total. The summed E-state index contributed by atoms with van der Waals surface area (Å²) in [7, 11) is 0. The second-order valence-corrected chi connectivity index (χ2v) is 4.97. The van der Waals surface area contributed by atoms with E-state index < -0.39 is 4.92 Å². The Labute approximate surface area is 114 Å². The first-order valence-corrected chi connectivity index (χ1v) is 6.24. The summed E-state index contributed by atoms with van der Waals surface area (Å²) in [5.41, 5.74) is 0. The molecular weight excluding hydrogens is 278 g/mol. The summed E-state index contributed by atoms with van der Waals surface area (Å²) in [6.45, 7) is 1.75. The SMILES string of the molecule is Cl.O=C(N[C@H]1CCCNC1)c1ccc([N+](=O)[O-])s1. The number of nitrogens with one attached hydrogen (secondary N) is 2. The number of halogens is 1. The highest BCUT2D eigenvalue weighted by Gasteiger charge is 2.19. The van der Waals surface area contributed by atoms with Gasteiger partial charge in [-0.05, 0) is 25.5 Å². The molecule has 1 fully saturated rings. The largest absolute Gasteiger partial charge is 0.347 e. The predicted octanol–water partition coefficient (Wildman–Crippen LogP) is 1.56. The van der Waals surface area contributed by atoms with Crippen LogP contribution in [0.25, 0.3) is 0 Å². The molecule has 1 aromatic rings. The van der Waals surface area contributed by atoms with Crippen LogP contribution in [0.1, 0.15) is 22.5 Å². The number of rotatable bonds is 3. The van der Waals surface area contributed by atoms with Gasteiger partial charge in [0, 0.05) is 18.7 Å². The number of carbonyl (C=O) groups excluding carboxylic acids is 1. The Morgan fingerprint density at radius 2 is 2.33 bits per heavy atom. The fourth-order valence-electron chi connectivity index (χ4n) is 1.78. The first-order valence-electron chi connectivity index (χ1n) is 5.42. The quantitative estimate of drug-likeness (QED) is 0.654. The van der Waals surface area contributed by atoms with E-state index in [1.807, 2.05) is 0 Å². The van der Waals surface area contributed by atoms with Gasteiger partial charge in [-0.1, -0.05) is 11.3 Å². The van der Waals surface area contributed by atoms with E-state index >= 15 is 0 Å². The number of hydrogen-bond acceptors (Lipinski definition) is 5. The smallest absolute Gasteiger partial charge is 0.324 e. The van der Waals surface area contributed by atoms with Crippen molar-refractivity contribution in [3.63, 3.8) is 0 Å². The molecule has 8 heteroatoms. The van der Waals surface area contributed by atoms with Crippen molar-refractivity contribution in [2.45, 2.75) is 18.9 Å². The number of nitrogens with zero attached hydrogens (tertiary/aromatic N) is 1. The van der Waals surface area contributed by atoms with Crippen LogP contribution in [0, 0.1) is 10.1 Å². The monoisotopic (exact) mass is 291 g/mol. The topological polar surface area (TPSA) is 84.3 Å². The van der Waals surface area contributed by atoms with Gasteiger partial charge in [0.1, 0.15) is 0 Å². The molecule has 0 aliphatic carbocycles. The molecule has 0 aromatic carbocycles. The maximum Gasteiger partial charge on any atom is 0.324 e. The summed E-state index contributed by atoms with van der Waals surface area (Å²) in [6, 6.07) is 2.98.